The van der Waals surface area contributed by atoms with Crippen LogP contribution in [0.3, 0.4) is 0 Å². The Morgan fingerprint density at radius 1 is 1.45 bits per heavy atom. The van der Waals surface area contributed by atoms with Gasteiger partial charge in [0.15, 0.2) is 0 Å². The van der Waals surface area contributed by atoms with Crippen molar-refractivity contribution in [3.8, 4) is 5.75 Å². The number of hydrazine groups is 3. The number of urea groups is 1. The van der Waals surface area contributed by atoms with E-state index in [1.807, 2.05) is 17.5 Å². The number of ether oxygens (including phenoxy) is 1. The summed E-state index contributed by atoms with van der Waals surface area (Å²) in [6.07, 6.45) is 0. The number of thioether (sulfide) groups is 1. The fourth-order valence-corrected chi connectivity index (χ4v) is 3.87. The number of benzene rings is 1. The van der Waals surface area contributed by atoms with Crippen molar-refractivity contribution in [3.63, 3.8) is 0 Å². The number of carbonyl (C=O) groups excluding carboxylic acids is 1. The average molecular weight is 340 g/mol. The zero-order valence-corrected chi connectivity index (χ0v) is 13.2. The highest BCUT2D eigenvalue weighted by atomic mass is 32.2. The number of carbonyl (C=O) groups is 1. The van der Waals surface area contributed by atoms with E-state index in [0.717, 1.165) is 0 Å². The predicted molar refractivity (Wildman–Crippen MR) is 84.1 cm³/mol. The van der Waals surface area contributed by atoms with Gasteiger partial charge in [-0.25, -0.2) is 14.2 Å². The molecule has 0 aliphatic carbocycles. The van der Waals surface area contributed by atoms with Gasteiger partial charge in [0, 0.05) is 22.8 Å². The van der Waals surface area contributed by atoms with Crippen molar-refractivity contribution in [2.45, 2.75) is 10.6 Å². The summed E-state index contributed by atoms with van der Waals surface area (Å²) in [5.41, 5.74) is 7.87. The van der Waals surface area contributed by atoms with Crippen LogP contribution in [0.4, 0.5) is 14.9 Å². The zero-order valence-electron chi connectivity index (χ0n) is 11.6. The topological polar surface area (TPSA) is 65.6 Å². The first-order valence-corrected chi connectivity index (χ1v) is 8.19. The van der Waals surface area contributed by atoms with Gasteiger partial charge in [0.1, 0.15) is 11.6 Å². The van der Waals surface area contributed by atoms with Gasteiger partial charge in [-0.05, 0) is 11.4 Å². The molecule has 0 spiro atoms. The Morgan fingerprint density at radius 3 is 2.95 bits per heavy atom. The number of nitrogens with one attached hydrogen (secondary N) is 3. The largest absolute Gasteiger partial charge is 0.495 e. The molecular weight excluding hydrogens is 327 g/mol. The summed E-state index contributed by atoms with van der Waals surface area (Å²) in [4.78, 5) is 13.7. The van der Waals surface area contributed by atoms with Gasteiger partial charge >= 0.3 is 6.03 Å². The molecule has 1 aromatic heterocycles. The van der Waals surface area contributed by atoms with Crippen molar-refractivity contribution in [3.05, 3.63) is 40.3 Å². The van der Waals surface area contributed by atoms with Gasteiger partial charge in [-0.3, -0.25) is 5.43 Å². The number of halogens is 1. The van der Waals surface area contributed by atoms with Gasteiger partial charge in [-0.1, -0.05) is 6.07 Å². The second-order valence-corrected chi connectivity index (χ2v) is 6.34. The van der Waals surface area contributed by atoms with Crippen LogP contribution in [0, 0.1) is 5.82 Å². The standard InChI is InChI=1S/C13H13FN4O2S2/c1-20-11-6-8(14)5-10(18-13(19)15-16-17-18)12(11)22-7-9-3-2-4-21-9/h2-6,16-17H,7H2,1H3,(H,15,19). The third kappa shape index (κ3) is 3.02. The van der Waals surface area contributed by atoms with Crippen LogP contribution < -0.4 is 26.2 Å². The molecule has 3 N–H and O–H groups in total. The van der Waals surface area contributed by atoms with Crippen LogP contribution in [0.5, 0.6) is 5.75 Å². The molecule has 6 nitrogen and oxygen atoms in total. The lowest BCUT2D eigenvalue weighted by atomic mass is 10.3. The first kappa shape index (κ1) is 15.1. The molecule has 0 bridgehead atoms. The van der Waals surface area contributed by atoms with E-state index in [1.165, 1.54) is 40.9 Å². The molecule has 0 radical (unpaired) electrons. The molecule has 1 saturated heterocycles. The fourth-order valence-electron chi connectivity index (χ4n) is 1.97. The minimum absolute atomic E-state index is 0.387. The number of methoxy groups -OCH3 is 1. The van der Waals surface area contributed by atoms with E-state index < -0.39 is 11.8 Å². The molecule has 3 rings (SSSR count). The molecule has 22 heavy (non-hydrogen) atoms. The molecule has 1 fully saturated rings. The van der Waals surface area contributed by atoms with Crippen molar-refractivity contribution >= 4 is 34.8 Å². The smallest absolute Gasteiger partial charge is 0.353 e. The normalized spacial score (nSPS) is 14.3. The number of hydrogen-bond acceptors (Lipinski definition) is 6. The van der Waals surface area contributed by atoms with Crippen LogP contribution in [0.2, 0.25) is 0 Å². The van der Waals surface area contributed by atoms with Crippen LogP contribution in [-0.4, -0.2) is 13.1 Å². The number of amides is 2. The summed E-state index contributed by atoms with van der Waals surface area (Å²) in [5, 5.41) is 3.19. The van der Waals surface area contributed by atoms with Gasteiger partial charge in [-0.15, -0.1) is 34.2 Å². The van der Waals surface area contributed by atoms with E-state index in [4.69, 9.17) is 4.74 Å². The van der Waals surface area contributed by atoms with Crippen molar-refractivity contribution < 1.29 is 13.9 Å². The van der Waals surface area contributed by atoms with Gasteiger partial charge < -0.3 is 4.74 Å². The summed E-state index contributed by atoms with van der Waals surface area (Å²) in [6, 6.07) is 6.17. The van der Waals surface area contributed by atoms with Crippen molar-refractivity contribution in [2.75, 3.05) is 12.1 Å². The summed E-state index contributed by atoms with van der Waals surface area (Å²) in [6.45, 7) is 0. The Morgan fingerprint density at radius 2 is 2.32 bits per heavy atom. The van der Waals surface area contributed by atoms with Crippen LogP contribution >= 0.6 is 23.1 Å². The summed E-state index contributed by atoms with van der Waals surface area (Å²) < 4.78 is 19.1. The van der Waals surface area contributed by atoms with Gasteiger partial charge in [0.05, 0.1) is 17.7 Å². The SMILES string of the molecule is COc1cc(F)cc(N2NNNC2=O)c1SCc1cccs1. The maximum atomic E-state index is 13.8. The third-order valence-electron chi connectivity index (χ3n) is 2.94. The molecular formula is C13H13FN4O2S2. The highest BCUT2D eigenvalue weighted by Crippen LogP contribution is 2.40. The van der Waals surface area contributed by atoms with Crippen LogP contribution in [0.15, 0.2) is 34.5 Å². The van der Waals surface area contributed by atoms with Crippen LogP contribution in [-0.2, 0) is 5.75 Å². The lowest BCUT2D eigenvalue weighted by molar-refractivity contribution is 0.250. The number of anilines is 1. The third-order valence-corrected chi connectivity index (χ3v) is 5.15. The molecule has 0 atom stereocenters. The Labute approximate surface area is 134 Å². The van der Waals surface area contributed by atoms with Crippen molar-refractivity contribution in [1.82, 2.24) is 16.5 Å². The lowest BCUT2D eigenvalue weighted by Gasteiger charge is -2.19. The minimum Gasteiger partial charge on any atom is -0.495 e. The van der Waals surface area contributed by atoms with Gasteiger partial charge in [0.25, 0.3) is 0 Å². The number of rotatable bonds is 5. The molecule has 2 heterocycles. The van der Waals surface area contributed by atoms with Gasteiger partial charge in [0.2, 0.25) is 0 Å². The number of nitrogens with zero attached hydrogens (tertiary/aromatic N) is 1. The predicted octanol–water partition coefficient (Wildman–Crippen LogP) is 2.64. The zero-order chi connectivity index (χ0) is 15.5. The molecule has 0 unspecified atom stereocenters. The van der Waals surface area contributed by atoms with E-state index in [9.17, 15) is 9.18 Å². The molecule has 2 aromatic rings. The van der Waals surface area contributed by atoms with Crippen LogP contribution in [0.1, 0.15) is 4.88 Å². The minimum atomic E-state index is -0.478. The Kier molecular flexibility index (Phi) is 4.48. The first-order valence-electron chi connectivity index (χ1n) is 6.32. The van der Waals surface area contributed by atoms with Crippen LogP contribution in [0.25, 0.3) is 0 Å². The molecule has 9 heteroatoms. The quantitative estimate of drug-likeness (QED) is 0.730. The van der Waals surface area contributed by atoms with Crippen molar-refractivity contribution in [1.29, 1.82) is 0 Å². The first-order chi connectivity index (χ1) is 10.7. The maximum absolute atomic E-state index is 13.8. The number of thiophene rings is 1. The second kappa shape index (κ2) is 6.53. The Balaban J connectivity index is 1.95. The highest BCUT2D eigenvalue weighted by molar-refractivity contribution is 7.99. The maximum Gasteiger partial charge on any atom is 0.353 e. The Bertz CT molecular complexity index is 681. The molecule has 1 aliphatic rings. The molecule has 0 saturated carbocycles. The summed E-state index contributed by atoms with van der Waals surface area (Å²) >= 11 is 3.12. The molecule has 2 amide bonds. The molecule has 116 valence electrons. The Hall–Kier alpha value is -1.81. The van der Waals surface area contributed by atoms with E-state index in [2.05, 4.69) is 16.5 Å². The second-order valence-electron chi connectivity index (χ2n) is 4.33. The summed E-state index contributed by atoms with van der Waals surface area (Å²) in [5.74, 6) is 0.613. The van der Waals surface area contributed by atoms with E-state index in [0.29, 0.717) is 22.1 Å². The molecule has 1 aromatic carbocycles. The lowest BCUT2D eigenvalue weighted by Crippen LogP contribution is -2.38. The van der Waals surface area contributed by atoms with E-state index >= 15 is 0 Å². The number of hydrogen-bond donors (Lipinski definition) is 3. The summed E-state index contributed by atoms with van der Waals surface area (Å²) in [7, 11) is 1.48. The monoisotopic (exact) mass is 340 g/mol. The average Bonchev–Trinajstić information content (AvgIpc) is 3.16. The molecule has 1 aliphatic heterocycles. The highest BCUT2D eigenvalue weighted by Gasteiger charge is 2.26. The van der Waals surface area contributed by atoms with E-state index in [-0.39, 0.29) is 0 Å². The van der Waals surface area contributed by atoms with E-state index in [1.54, 1.807) is 11.3 Å². The fraction of sp³-hybridized carbons (Fsp3) is 0.154. The van der Waals surface area contributed by atoms with Gasteiger partial charge in [-0.2, -0.15) is 0 Å². The van der Waals surface area contributed by atoms with Crippen molar-refractivity contribution in [2.24, 2.45) is 0 Å².